The molecule has 0 N–H and O–H groups in total. The van der Waals surface area contributed by atoms with Gasteiger partial charge >= 0.3 is 0 Å². The number of hydrogen-bond donors (Lipinski definition) is 0. The minimum atomic E-state index is -0.141. The number of ether oxygens (including phenoxy) is 1. The van der Waals surface area contributed by atoms with Crippen molar-refractivity contribution in [2.24, 2.45) is 4.99 Å². The smallest absolute Gasteiger partial charge is 0.252 e. The number of nitrogens with zero attached hydrogens (tertiary/aromatic N) is 2. The quantitative estimate of drug-likeness (QED) is 0.588. The molecule has 27 heavy (non-hydrogen) atoms. The normalized spacial score (nSPS) is 11.7. The Labute approximate surface area is 163 Å². The largest absolute Gasteiger partial charge is 0.494 e. The van der Waals surface area contributed by atoms with Crippen molar-refractivity contribution >= 4 is 27.5 Å². The summed E-state index contributed by atoms with van der Waals surface area (Å²) in [6, 6.07) is 12.1. The lowest BCUT2D eigenvalue weighted by Crippen LogP contribution is -2.17. The Morgan fingerprint density at radius 3 is 2.81 bits per heavy atom. The molecule has 1 heterocycles. The van der Waals surface area contributed by atoms with Gasteiger partial charge in [0, 0.05) is 6.54 Å². The molecule has 5 heteroatoms. The third-order valence-electron chi connectivity index (χ3n) is 4.34. The van der Waals surface area contributed by atoms with Crippen LogP contribution < -0.4 is 9.54 Å². The molecule has 1 amide bonds. The van der Waals surface area contributed by atoms with Gasteiger partial charge in [-0.15, -0.1) is 6.58 Å². The average molecular weight is 381 g/mol. The minimum Gasteiger partial charge on any atom is -0.494 e. The monoisotopic (exact) mass is 380 g/mol. The van der Waals surface area contributed by atoms with Crippen molar-refractivity contribution in [2.75, 3.05) is 6.61 Å². The predicted octanol–water partition coefficient (Wildman–Crippen LogP) is 4.57. The van der Waals surface area contributed by atoms with Gasteiger partial charge in [0.25, 0.3) is 5.91 Å². The molecular formula is C22H24N2O2S. The van der Waals surface area contributed by atoms with E-state index in [4.69, 9.17) is 4.74 Å². The molecule has 0 saturated carbocycles. The Hall–Kier alpha value is -2.66. The molecule has 1 aromatic heterocycles. The van der Waals surface area contributed by atoms with Gasteiger partial charge in [0.15, 0.2) is 4.80 Å². The second kappa shape index (κ2) is 8.35. The molecule has 0 unspecified atom stereocenters. The number of aromatic nitrogens is 1. The van der Waals surface area contributed by atoms with Crippen LogP contribution in [0.25, 0.3) is 10.2 Å². The molecule has 0 bridgehead atoms. The number of amides is 1. The third kappa shape index (κ3) is 4.37. The first-order valence-electron chi connectivity index (χ1n) is 9.02. The van der Waals surface area contributed by atoms with Gasteiger partial charge in [0.1, 0.15) is 5.75 Å². The zero-order chi connectivity index (χ0) is 19.4. The maximum atomic E-state index is 12.6. The SMILES string of the molecule is C=CCn1c(=NC(=O)Cc2cc(C)ccc2C)sc2cc(OCC)ccc21. The highest BCUT2D eigenvalue weighted by molar-refractivity contribution is 7.16. The first-order chi connectivity index (χ1) is 13.0. The molecule has 3 rings (SSSR count). The summed E-state index contributed by atoms with van der Waals surface area (Å²) in [7, 11) is 0. The molecule has 0 aliphatic carbocycles. The molecule has 0 fully saturated rings. The fourth-order valence-electron chi connectivity index (χ4n) is 3.00. The lowest BCUT2D eigenvalue weighted by molar-refractivity contribution is -0.117. The highest BCUT2D eigenvalue weighted by Crippen LogP contribution is 2.23. The zero-order valence-electron chi connectivity index (χ0n) is 16.0. The maximum Gasteiger partial charge on any atom is 0.252 e. The Balaban J connectivity index is 2.00. The van der Waals surface area contributed by atoms with E-state index in [2.05, 4.69) is 23.7 Å². The summed E-state index contributed by atoms with van der Waals surface area (Å²) >= 11 is 1.50. The van der Waals surface area contributed by atoms with Crippen LogP contribution in [0.2, 0.25) is 0 Å². The Kier molecular flexibility index (Phi) is 5.91. The van der Waals surface area contributed by atoms with Crippen LogP contribution in [-0.2, 0) is 17.8 Å². The van der Waals surface area contributed by atoms with Crippen molar-refractivity contribution in [3.8, 4) is 5.75 Å². The number of fused-ring (bicyclic) bond motifs is 1. The minimum absolute atomic E-state index is 0.141. The van der Waals surface area contributed by atoms with E-state index in [1.807, 2.05) is 55.7 Å². The van der Waals surface area contributed by atoms with E-state index in [9.17, 15) is 4.79 Å². The first kappa shape index (κ1) is 19.1. The molecule has 0 radical (unpaired) electrons. The average Bonchev–Trinajstić information content (AvgIpc) is 2.95. The van der Waals surface area contributed by atoms with Crippen molar-refractivity contribution in [1.82, 2.24) is 4.57 Å². The van der Waals surface area contributed by atoms with Gasteiger partial charge in [0.05, 0.1) is 23.2 Å². The molecule has 0 saturated heterocycles. The van der Waals surface area contributed by atoms with E-state index < -0.39 is 0 Å². The van der Waals surface area contributed by atoms with Crippen molar-refractivity contribution in [3.63, 3.8) is 0 Å². The topological polar surface area (TPSA) is 43.6 Å². The van der Waals surface area contributed by atoms with Gasteiger partial charge in [-0.2, -0.15) is 4.99 Å². The van der Waals surface area contributed by atoms with E-state index in [-0.39, 0.29) is 5.91 Å². The van der Waals surface area contributed by atoms with Gasteiger partial charge in [-0.3, -0.25) is 4.79 Å². The maximum absolute atomic E-state index is 12.6. The summed E-state index contributed by atoms with van der Waals surface area (Å²) in [6.07, 6.45) is 2.12. The lowest BCUT2D eigenvalue weighted by Gasteiger charge is -2.05. The highest BCUT2D eigenvalue weighted by Gasteiger charge is 2.10. The van der Waals surface area contributed by atoms with Gasteiger partial charge < -0.3 is 9.30 Å². The van der Waals surface area contributed by atoms with Crippen LogP contribution >= 0.6 is 11.3 Å². The third-order valence-corrected chi connectivity index (χ3v) is 5.38. The second-order valence-corrected chi connectivity index (χ2v) is 7.47. The summed E-state index contributed by atoms with van der Waals surface area (Å²) in [4.78, 5) is 17.7. The second-order valence-electron chi connectivity index (χ2n) is 6.46. The van der Waals surface area contributed by atoms with Crippen LogP contribution in [0.5, 0.6) is 5.75 Å². The van der Waals surface area contributed by atoms with E-state index in [0.29, 0.717) is 24.4 Å². The molecular weight excluding hydrogens is 356 g/mol. The van der Waals surface area contributed by atoms with Gasteiger partial charge in [-0.25, -0.2) is 0 Å². The standard InChI is InChI=1S/C22H24N2O2S/c1-5-11-24-19-10-9-18(26-6-2)14-20(19)27-22(24)23-21(25)13-17-12-15(3)7-8-16(17)4/h5,7-10,12,14H,1,6,11,13H2,2-4H3. The highest BCUT2D eigenvalue weighted by atomic mass is 32.1. The van der Waals surface area contributed by atoms with Gasteiger partial charge in [-0.1, -0.05) is 41.2 Å². The number of carbonyl (C=O) groups is 1. The summed E-state index contributed by atoms with van der Waals surface area (Å²) in [5.74, 6) is 0.684. The van der Waals surface area contributed by atoms with Crippen LogP contribution in [-0.4, -0.2) is 17.1 Å². The zero-order valence-corrected chi connectivity index (χ0v) is 16.8. The van der Waals surface area contributed by atoms with Crippen LogP contribution in [0, 0.1) is 13.8 Å². The van der Waals surface area contributed by atoms with Crippen LogP contribution in [0.3, 0.4) is 0 Å². The molecule has 3 aromatic rings. The van der Waals surface area contributed by atoms with E-state index in [0.717, 1.165) is 32.7 Å². The van der Waals surface area contributed by atoms with Gasteiger partial charge in [0.2, 0.25) is 0 Å². The van der Waals surface area contributed by atoms with Crippen LogP contribution in [0.15, 0.2) is 54.0 Å². The Bertz CT molecular complexity index is 1060. The van der Waals surface area contributed by atoms with E-state index >= 15 is 0 Å². The van der Waals surface area contributed by atoms with Crippen molar-refractivity contribution in [3.05, 3.63) is 70.5 Å². The molecule has 140 valence electrons. The van der Waals surface area contributed by atoms with Crippen molar-refractivity contribution < 1.29 is 9.53 Å². The lowest BCUT2D eigenvalue weighted by atomic mass is 10.0. The molecule has 0 spiro atoms. The summed E-state index contributed by atoms with van der Waals surface area (Å²) in [6.45, 7) is 11.1. The molecule has 4 nitrogen and oxygen atoms in total. The number of rotatable bonds is 6. The summed E-state index contributed by atoms with van der Waals surface area (Å²) in [5.41, 5.74) is 4.32. The summed E-state index contributed by atoms with van der Waals surface area (Å²) < 4.78 is 8.65. The van der Waals surface area contributed by atoms with E-state index in [1.54, 1.807) is 0 Å². The van der Waals surface area contributed by atoms with Crippen LogP contribution in [0.4, 0.5) is 0 Å². The number of hydrogen-bond acceptors (Lipinski definition) is 3. The number of aryl methyl sites for hydroxylation is 2. The fourth-order valence-corrected chi connectivity index (χ4v) is 4.09. The number of thiazole rings is 1. The summed E-state index contributed by atoms with van der Waals surface area (Å²) in [5, 5.41) is 0. The molecule has 0 atom stereocenters. The van der Waals surface area contributed by atoms with Gasteiger partial charge in [-0.05, 0) is 50.1 Å². The van der Waals surface area contributed by atoms with E-state index in [1.165, 1.54) is 11.3 Å². The molecule has 0 aliphatic rings. The van der Waals surface area contributed by atoms with Crippen LogP contribution in [0.1, 0.15) is 23.6 Å². The fraction of sp³-hybridized carbons (Fsp3) is 0.273. The number of carbonyl (C=O) groups excluding carboxylic acids is 1. The Morgan fingerprint density at radius 1 is 1.26 bits per heavy atom. The number of allylic oxidation sites excluding steroid dienone is 1. The first-order valence-corrected chi connectivity index (χ1v) is 9.84. The van der Waals surface area contributed by atoms with Crippen molar-refractivity contribution in [2.45, 2.75) is 33.7 Å². The molecule has 0 aliphatic heterocycles. The molecule has 2 aromatic carbocycles. The predicted molar refractivity (Wildman–Crippen MR) is 111 cm³/mol. The van der Waals surface area contributed by atoms with Crippen molar-refractivity contribution in [1.29, 1.82) is 0 Å². The number of benzene rings is 2. The Morgan fingerprint density at radius 2 is 2.07 bits per heavy atom.